The van der Waals surface area contributed by atoms with Crippen LogP contribution >= 0.6 is 0 Å². The summed E-state index contributed by atoms with van der Waals surface area (Å²) >= 11 is 0. The van der Waals surface area contributed by atoms with Crippen LogP contribution in [0.1, 0.15) is 25.5 Å². The number of benzene rings is 1. The summed E-state index contributed by atoms with van der Waals surface area (Å²) in [6, 6.07) is 6.87. The van der Waals surface area contributed by atoms with Gasteiger partial charge in [0, 0.05) is 18.0 Å². The van der Waals surface area contributed by atoms with Gasteiger partial charge in [-0.05, 0) is 30.7 Å². The number of rotatable bonds is 5. The van der Waals surface area contributed by atoms with Crippen molar-refractivity contribution in [2.24, 2.45) is 0 Å². The number of halogens is 1. The number of hydrogen-bond donors (Lipinski definition) is 1. The zero-order valence-electron chi connectivity index (χ0n) is 13.3. The molecular formula is C16H17FN4O2S. The molecule has 0 aliphatic heterocycles. The number of nitrogens with one attached hydrogen (secondary N) is 1. The monoisotopic (exact) mass is 348 g/mol. The molecule has 6 nitrogen and oxygen atoms in total. The first kappa shape index (κ1) is 16.5. The molecule has 0 aliphatic rings. The van der Waals surface area contributed by atoms with Crippen molar-refractivity contribution in [3.05, 3.63) is 54.1 Å². The second kappa shape index (κ2) is 6.29. The number of H-pyrrole nitrogens is 1. The Kier molecular flexibility index (Phi) is 4.33. The van der Waals surface area contributed by atoms with Gasteiger partial charge in [-0.2, -0.15) is 9.40 Å². The molecule has 0 unspecified atom stereocenters. The normalized spacial score (nSPS) is 13.5. The van der Waals surface area contributed by atoms with Crippen LogP contribution < -0.4 is 0 Å². The van der Waals surface area contributed by atoms with E-state index in [1.165, 1.54) is 28.7 Å². The summed E-state index contributed by atoms with van der Waals surface area (Å²) in [7, 11) is -3.79. The molecule has 24 heavy (non-hydrogen) atoms. The van der Waals surface area contributed by atoms with Crippen molar-refractivity contribution >= 4 is 20.9 Å². The zero-order valence-corrected chi connectivity index (χ0v) is 14.1. The molecule has 3 rings (SSSR count). The van der Waals surface area contributed by atoms with E-state index in [4.69, 9.17) is 0 Å². The van der Waals surface area contributed by atoms with Gasteiger partial charge in [0.05, 0.1) is 17.9 Å². The predicted octanol–water partition coefficient (Wildman–Crippen LogP) is 2.87. The van der Waals surface area contributed by atoms with E-state index >= 15 is 0 Å². The molecular weight excluding hydrogens is 331 g/mol. The summed E-state index contributed by atoms with van der Waals surface area (Å²) in [4.78, 5) is 4.05. The summed E-state index contributed by atoms with van der Waals surface area (Å²) < 4.78 is 40.4. The van der Waals surface area contributed by atoms with E-state index in [-0.39, 0.29) is 17.4 Å². The molecule has 0 radical (unpaired) electrons. The first-order chi connectivity index (χ1) is 11.4. The van der Waals surface area contributed by atoms with Gasteiger partial charge in [-0.15, -0.1) is 0 Å². The first-order valence-electron chi connectivity index (χ1n) is 7.50. The molecule has 1 atom stereocenters. The Morgan fingerprint density at radius 1 is 1.25 bits per heavy atom. The molecule has 0 saturated heterocycles. The van der Waals surface area contributed by atoms with Gasteiger partial charge in [-0.1, -0.05) is 19.1 Å². The Bertz CT molecular complexity index is 954. The molecule has 0 fully saturated rings. The van der Waals surface area contributed by atoms with Gasteiger partial charge in [0.2, 0.25) is 0 Å². The Labute approximate surface area is 139 Å². The van der Waals surface area contributed by atoms with Crippen molar-refractivity contribution in [1.82, 2.24) is 19.5 Å². The van der Waals surface area contributed by atoms with Crippen LogP contribution in [-0.4, -0.2) is 34.4 Å². The minimum absolute atomic E-state index is 0.0350. The number of pyridine rings is 1. The summed E-state index contributed by atoms with van der Waals surface area (Å²) in [5.74, 6) is -0.357. The molecule has 8 heteroatoms. The first-order valence-corrected chi connectivity index (χ1v) is 8.94. The van der Waals surface area contributed by atoms with E-state index < -0.39 is 16.1 Å². The van der Waals surface area contributed by atoms with Gasteiger partial charge in [-0.25, -0.2) is 17.8 Å². The van der Waals surface area contributed by atoms with Gasteiger partial charge in [0.25, 0.3) is 10.0 Å². The SMILES string of the molecule is CCN([C@@H](C)c1ccc(F)cc1)S(=O)(=O)c1cc2cn[nH]c2cn1. The van der Waals surface area contributed by atoms with E-state index in [2.05, 4.69) is 15.2 Å². The Balaban J connectivity index is 1.99. The maximum atomic E-state index is 13.1. The molecule has 126 valence electrons. The highest BCUT2D eigenvalue weighted by Crippen LogP contribution is 2.27. The van der Waals surface area contributed by atoms with Gasteiger partial charge in [0.15, 0.2) is 5.03 Å². The Morgan fingerprint density at radius 3 is 2.62 bits per heavy atom. The number of sulfonamides is 1. The van der Waals surface area contributed by atoms with Gasteiger partial charge in [0.1, 0.15) is 5.82 Å². The van der Waals surface area contributed by atoms with Crippen molar-refractivity contribution in [3.8, 4) is 0 Å². The van der Waals surface area contributed by atoms with Crippen molar-refractivity contribution in [2.45, 2.75) is 24.9 Å². The predicted molar refractivity (Wildman–Crippen MR) is 88.3 cm³/mol. The molecule has 2 aromatic heterocycles. The molecule has 0 aliphatic carbocycles. The fraction of sp³-hybridized carbons (Fsp3) is 0.250. The second-order valence-electron chi connectivity index (χ2n) is 5.42. The lowest BCUT2D eigenvalue weighted by Crippen LogP contribution is -2.34. The minimum atomic E-state index is -3.79. The third-order valence-corrected chi connectivity index (χ3v) is 5.91. The van der Waals surface area contributed by atoms with E-state index in [0.717, 1.165) is 0 Å². The molecule has 0 saturated carbocycles. The topological polar surface area (TPSA) is 79.0 Å². The summed E-state index contributed by atoms with van der Waals surface area (Å²) in [6.45, 7) is 3.80. The Morgan fingerprint density at radius 2 is 1.96 bits per heavy atom. The highest BCUT2D eigenvalue weighted by atomic mass is 32.2. The molecule has 0 bridgehead atoms. The fourth-order valence-corrected chi connectivity index (χ4v) is 4.22. The molecule has 1 aromatic carbocycles. The van der Waals surface area contributed by atoms with Crippen molar-refractivity contribution < 1.29 is 12.8 Å². The van der Waals surface area contributed by atoms with E-state index in [9.17, 15) is 12.8 Å². The number of aromatic nitrogens is 3. The fourth-order valence-electron chi connectivity index (χ4n) is 2.64. The molecule has 1 N–H and O–H groups in total. The van der Waals surface area contributed by atoms with E-state index in [0.29, 0.717) is 16.5 Å². The lowest BCUT2D eigenvalue weighted by molar-refractivity contribution is 0.355. The van der Waals surface area contributed by atoms with Crippen LogP contribution in [0, 0.1) is 5.82 Å². The van der Waals surface area contributed by atoms with E-state index in [1.54, 1.807) is 32.2 Å². The van der Waals surface area contributed by atoms with Crippen molar-refractivity contribution in [3.63, 3.8) is 0 Å². The number of aromatic amines is 1. The minimum Gasteiger partial charge on any atom is -0.276 e. The van der Waals surface area contributed by atoms with Crippen LogP contribution in [0.5, 0.6) is 0 Å². The number of hydrogen-bond acceptors (Lipinski definition) is 4. The van der Waals surface area contributed by atoms with Crippen LogP contribution in [0.3, 0.4) is 0 Å². The lowest BCUT2D eigenvalue weighted by atomic mass is 10.1. The summed E-state index contributed by atoms with van der Waals surface area (Å²) in [5.41, 5.74) is 1.38. The molecule has 0 spiro atoms. The molecule has 3 aromatic rings. The quantitative estimate of drug-likeness (QED) is 0.769. The van der Waals surface area contributed by atoms with E-state index in [1.807, 2.05) is 0 Å². The zero-order chi connectivity index (χ0) is 17.3. The van der Waals surface area contributed by atoms with Crippen LogP contribution in [0.15, 0.2) is 47.8 Å². The third kappa shape index (κ3) is 2.90. The molecule has 0 amide bonds. The highest BCUT2D eigenvalue weighted by molar-refractivity contribution is 7.89. The number of fused-ring (bicyclic) bond motifs is 1. The smallest absolute Gasteiger partial charge is 0.261 e. The average molecular weight is 348 g/mol. The standard InChI is InChI=1S/C16H17FN4O2S/c1-3-21(11(2)12-4-6-14(17)7-5-12)24(22,23)16-8-13-9-19-20-15(13)10-18-16/h4-11H,3H2,1-2H3,(H,19,20)/t11-/m0/s1. The van der Waals surface area contributed by atoms with Gasteiger partial charge < -0.3 is 0 Å². The maximum Gasteiger partial charge on any atom is 0.261 e. The molecule has 2 heterocycles. The van der Waals surface area contributed by atoms with Crippen LogP contribution in [-0.2, 0) is 10.0 Å². The lowest BCUT2D eigenvalue weighted by Gasteiger charge is -2.27. The third-order valence-electron chi connectivity index (χ3n) is 3.97. The Hall–Kier alpha value is -2.32. The van der Waals surface area contributed by atoms with Crippen LogP contribution in [0.2, 0.25) is 0 Å². The summed E-state index contributed by atoms with van der Waals surface area (Å²) in [6.07, 6.45) is 3.00. The van der Waals surface area contributed by atoms with Crippen molar-refractivity contribution in [1.29, 1.82) is 0 Å². The van der Waals surface area contributed by atoms with Gasteiger partial charge in [-0.3, -0.25) is 5.10 Å². The summed E-state index contributed by atoms with van der Waals surface area (Å²) in [5, 5.41) is 7.25. The van der Waals surface area contributed by atoms with Gasteiger partial charge >= 0.3 is 0 Å². The maximum absolute atomic E-state index is 13.1. The number of nitrogens with zero attached hydrogens (tertiary/aromatic N) is 3. The van der Waals surface area contributed by atoms with Crippen LogP contribution in [0.25, 0.3) is 10.9 Å². The van der Waals surface area contributed by atoms with Crippen LogP contribution in [0.4, 0.5) is 4.39 Å². The van der Waals surface area contributed by atoms with Crippen molar-refractivity contribution in [2.75, 3.05) is 6.54 Å². The largest absolute Gasteiger partial charge is 0.276 e. The highest BCUT2D eigenvalue weighted by Gasteiger charge is 2.30. The second-order valence-corrected chi connectivity index (χ2v) is 7.25. The average Bonchev–Trinajstić information content (AvgIpc) is 3.03.